The van der Waals surface area contributed by atoms with Crippen LogP contribution in [-0.4, -0.2) is 25.9 Å². The average molecular weight is 198 g/mol. The summed E-state index contributed by atoms with van der Waals surface area (Å²) in [5.74, 6) is 2.20. The van der Waals surface area contributed by atoms with Gasteiger partial charge in [-0.25, -0.2) is 0 Å². The molecule has 0 spiro atoms. The summed E-state index contributed by atoms with van der Waals surface area (Å²) in [5.41, 5.74) is 0. The van der Waals surface area contributed by atoms with Crippen molar-refractivity contribution >= 4 is 0 Å². The van der Waals surface area contributed by atoms with Crippen LogP contribution in [0.15, 0.2) is 0 Å². The van der Waals surface area contributed by atoms with Gasteiger partial charge in [-0.1, -0.05) is 13.8 Å². The fourth-order valence-electron chi connectivity index (χ4n) is 2.83. The Morgan fingerprint density at radius 2 is 2.07 bits per heavy atom. The Kier molecular flexibility index (Phi) is 3.45. The zero-order valence-electron chi connectivity index (χ0n) is 9.37. The molecule has 0 aliphatic carbocycles. The van der Waals surface area contributed by atoms with Crippen molar-refractivity contribution in [3.8, 4) is 0 Å². The second-order valence-corrected chi connectivity index (χ2v) is 4.92. The lowest BCUT2D eigenvalue weighted by Crippen LogP contribution is -2.36. The van der Waals surface area contributed by atoms with Gasteiger partial charge >= 0.3 is 0 Å². The maximum atomic E-state index is 5.76. The molecular weight excluding hydrogens is 176 g/mol. The van der Waals surface area contributed by atoms with E-state index in [1.165, 1.54) is 19.3 Å². The first-order chi connectivity index (χ1) is 6.79. The van der Waals surface area contributed by atoms with Crippen LogP contribution < -0.4 is 0 Å². The lowest BCUT2D eigenvalue weighted by molar-refractivity contribution is -0.0397. The van der Waals surface area contributed by atoms with E-state index < -0.39 is 0 Å². The van der Waals surface area contributed by atoms with Crippen LogP contribution in [-0.2, 0) is 9.47 Å². The van der Waals surface area contributed by atoms with Gasteiger partial charge < -0.3 is 9.47 Å². The Morgan fingerprint density at radius 3 is 2.71 bits per heavy atom. The fraction of sp³-hybridized carbons (Fsp3) is 1.00. The van der Waals surface area contributed by atoms with Gasteiger partial charge in [0.2, 0.25) is 0 Å². The highest BCUT2D eigenvalue weighted by Gasteiger charge is 2.33. The topological polar surface area (TPSA) is 18.5 Å². The molecule has 82 valence electrons. The van der Waals surface area contributed by atoms with Crippen molar-refractivity contribution in [2.75, 3.05) is 19.8 Å². The van der Waals surface area contributed by atoms with Gasteiger partial charge in [0.1, 0.15) is 0 Å². The summed E-state index contributed by atoms with van der Waals surface area (Å²) in [4.78, 5) is 0. The molecule has 2 fully saturated rings. The maximum Gasteiger partial charge on any atom is 0.0605 e. The highest BCUT2D eigenvalue weighted by molar-refractivity contribution is 4.82. The molecule has 2 heterocycles. The lowest BCUT2D eigenvalue weighted by Gasteiger charge is -2.35. The summed E-state index contributed by atoms with van der Waals surface area (Å²) in [5, 5.41) is 0. The smallest absolute Gasteiger partial charge is 0.0605 e. The molecule has 0 aromatic heterocycles. The summed E-state index contributed by atoms with van der Waals surface area (Å²) in [7, 11) is 0. The molecule has 0 bridgehead atoms. The van der Waals surface area contributed by atoms with Crippen molar-refractivity contribution in [2.24, 2.45) is 17.8 Å². The third kappa shape index (κ3) is 2.12. The Balaban J connectivity index is 1.91. The van der Waals surface area contributed by atoms with E-state index in [4.69, 9.17) is 9.47 Å². The van der Waals surface area contributed by atoms with Crippen LogP contribution in [0.1, 0.15) is 33.1 Å². The van der Waals surface area contributed by atoms with E-state index in [1.807, 2.05) is 0 Å². The largest absolute Gasteiger partial charge is 0.381 e. The molecule has 2 saturated heterocycles. The number of hydrogen-bond donors (Lipinski definition) is 0. The van der Waals surface area contributed by atoms with Crippen molar-refractivity contribution in [2.45, 2.75) is 39.2 Å². The van der Waals surface area contributed by atoms with Gasteiger partial charge in [-0.05, 0) is 37.0 Å². The van der Waals surface area contributed by atoms with Gasteiger partial charge in [-0.2, -0.15) is 0 Å². The van der Waals surface area contributed by atoms with Crippen molar-refractivity contribution in [3.63, 3.8) is 0 Å². The molecule has 4 atom stereocenters. The fourth-order valence-corrected chi connectivity index (χ4v) is 2.83. The van der Waals surface area contributed by atoms with E-state index in [-0.39, 0.29) is 0 Å². The van der Waals surface area contributed by atoms with E-state index in [2.05, 4.69) is 13.8 Å². The van der Waals surface area contributed by atoms with Gasteiger partial charge in [0.25, 0.3) is 0 Å². The first-order valence-corrected chi connectivity index (χ1v) is 5.98. The Bertz CT molecular complexity index is 175. The van der Waals surface area contributed by atoms with E-state index in [9.17, 15) is 0 Å². The minimum atomic E-state index is 0.504. The molecule has 2 rings (SSSR count). The van der Waals surface area contributed by atoms with E-state index in [1.54, 1.807) is 0 Å². The van der Waals surface area contributed by atoms with Gasteiger partial charge in [-0.3, -0.25) is 0 Å². The molecule has 0 N–H and O–H groups in total. The first kappa shape index (κ1) is 10.4. The van der Waals surface area contributed by atoms with Crippen LogP contribution in [0.25, 0.3) is 0 Å². The van der Waals surface area contributed by atoms with Crippen LogP contribution in [0, 0.1) is 17.8 Å². The van der Waals surface area contributed by atoms with E-state index in [0.29, 0.717) is 17.9 Å². The molecule has 2 nitrogen and oxygen atoms in total. The van der Waals surface area contributed by atoms with Gasteiger partial charge in [0, 0.05) is 19.8 Å². The van der Waals surface area contributed by atoms with Gasteiger partial charge in [0.15, 0.2) is 0 Å². The molecule has 14 heavy (non-hydrogen) atoms. The van der Waals surface area contributed by atoms with Crippen LogP contribution in [0.5, 0.6) is 0 Å². The summed E-state index contributed by atoms with van der Waals surface area (Å²) in [6, 6.07) is 0. The third-order valence-electron chi connectivity index (χ3n) is 3.99. The molecule has 0 radical (unpaired) electrons. The summed E-state index contributed by atoms with van der Waals surface area (Å²) in [6.07, 6.45) is 4.23. The lowest BCUT2D eigenvalue weighted by atomic mass is 9.78. The quantitative estimate of drug-likeness (QED) is 0.678. The van der Waals surface area contributed by atoms with Gasteiger partial charge in [-0.15, -0.1) is 0 Å². The molecule has 0 amide bonds. The Labute approximate surface area is 87.0 Å². The molecule has 2 aliphatic heterocycles. The zero-order chi connectivity index (χ0) is 9.97. The molecule has 2 heteroatoms. The second-order valence-electron chi connectivity index (χ2n) is 4.92. The van der Waals surface area contributed by atoms with Crippen molar-refractivity contribution in [1.82, 2.24) is 0 Å². The summed E-state index contributed by atoms with van der Waals surface area (Å²) >= 11 is 0. The maximum absolute atomic E-state index is 5.76. The highest BCUT2D eigenvalue weighted by atomic mass is 16.5. The number of ether oxygens (including phenoxy) is 2. The van der Waals surface area contributed by atoms with Crippen LogP contribution >= 0.6 is 0 Å². The summed E-state index contributed by atoms with van der Waals surface area (Å²) in [6.45, 7) is 7.57. The van der Waals surface area contributed by atoms with Crippen LogP contribution in [0.4, 0.5) is 0 Å². The van der Waals surface area contributed by atoms with E-state index in [0.717, 1.165) is 25.7 Å². The Morgan fingerprint density at radius 1 is 1.21 bits per heavy atom. The van der Waals surface area contributed by atoms with Crippen molar-refractivity contribution < 1.29 is 9.47 Å². The highest BCUT2D eigenvalue weighted by Crippen LogP contribution is 2.33. The SMILES string of the molecule is CC1CCOCC1C(C)C1CCCO1. The summed E-state index contributed by atoms with van der Waals surface area (Å²) < 4.78 is 11.3. The van der Waals surface area contributed by atoms with Gasteiger partial charge in [0.05, 0.1) is 6.10 Å². The normalized spacial score (nSPS) is 41.1. The van der Waals surface area contributed by atoms with Crippen LogP contribution in [0.2, 0.25) is 0 Å². The second kappa shape index (κ2) is 4.63. The monoisotopic (exact) mass is 198 g/mol. The van der Waals surface area contributed by atoms with Crippen molar-refractivity contribution in [1.29, 1.82) is 0 Å². The van der Waals surface area contributed by atoms with Crippen molar-refractivity contribution in [3.05, 3.63) is 0 Å². The predicted molar refractivity (Wildman–Crippen MR) is 56.2 cm³/mol. The minimum Gasteiger partial charge on any atom is -0.381 e. The molecule has 2 aliphatic rings. The molecule has 4 unspecified atom stereocenters. The van der Waals surface area contributed by atoms with E-state index >= 15 is 0 Å². The number of hydrogen-bond acceptors (Lipinski definition) is 2. The zero-order valence-corrected chi connectivity index (χ0v) is 9.37. The number of rotatable bonds is 2. The minimum absolute atomic E-state index is 0.504. The third-order valence-corrected chi connectivity index (χ3v) is 3.99. The molecular formula is C12H22O2. The molecule has 0 aromatic rings. The Hall–Kier alpha value is -0.0800. The first-order valence-electron chi connectivity index (χ1n) is 5.98. The molecule has 0 saturated carbocycles. The molecule has 0 aromatic carbocycles. The standard InChI is InChI=1S/C12H22O2/c1-9-5-7-13-8-11(9)10(2)12-4-3-6-14-12/h9-12H,3-8H2,1-2H3. The average Bonchev–Trinajstić information content (AvgIpc) is 2.70. The van der Waals surface area contributed by atoms with Crippen LogP contribution in [0.3, 0.4) is 0 Å². The predicted octanol–water partition coefficient (Wildman–Crippen LogP) is 2.47.